The van der Waals surface area contributed by atoms with Gasteiger partial charge in [0.1, 0.15) is 5.69 Å². The van der Waals surface area contributed by atoms with Crippen LogP contribution in [-0.2, 0) is 6.54 Å². The third-order valence-corrected chi connectivity index (χ3v) is 6.99. The minimum Gasteiger partial charge on any atom is -0.355 e. The maximum atomic E-state index is 4.58. The number of nitrogens with zero attached hydrogens (tertiary/aromatic N) is 7. The number of rotatable bonds is 5. The van der Waals surface area contributed by atoms with E-state index in [0.717, 1.165) is 45.8 Å². The monoisotopic (exact) mass is 429 g/mol. The van der Waals surface area contributed by atoms with Crippen molar-refractivity contribution in [2.24, 2.45) is 0 Å². The highest BCUT2D eigenvalue weighted by atomic mass is 15.5. The lowest BCUT2D eigenvalue weighted by Gasteiger charge is -2.36. The largest absolute Gasteiger partial charge is 0.355 e. The van der Waals surface area contributed by atoms with Crippen molar-refractivity contribution in [3.05, 3.63) is 36.7 Å². The van der Waals surface area contributed by atoms with E-state index >= 15 is 0 Å². The zero-order valence-corrected chi connectivity index (χ0v) is 18.4. The molecule has 2 saturated heterocycles. The van der Waals surface area contributed by atoms with Crippen LogP contribution in [0.25, 0.3) is 33.4 Å². The Labute approximate surface area is 186 Å². The summed E-state index contributed by atoms with van der Waals surface area (Å²) in [6, 6.07) is 10.1. The smallest absolute Gasteiger partial charge is 0.151 e. The van der Waals surface area contributed by atoms with Gasteiger partial charge in [-0.2, -0.15) is 20.1 Å². The summed E-state index contributed by atoms with van der Waals surface area (Å²) in [4.78, 5) is 3.98. The van der Waals surface area contributed by atoms with Gasteiger partial charge in [0.05, 0.1) is 30.1 Å². The SMILES string of the molecule is CCn1ncc(-c2ccc(-c3ccc(N(C)C4C[C@H]5CC[C@@H](C4)N5)nn3)c3[nH]ncc23)n1. The number of aromatic nitrogens is 7. The molecule has 5 heterocycles. The molecule has 164 valence electrons. The quantitative estimate of drug-likeness (QED) is 0.503. The van der Waals surface area contributed by atoms with Crippen LogP contribution in [0, 0.1) is 0 Å². The van der Waals surface area contributed by atoms with Gasteiger partial charge in [-0.3, -0.25) is 5.10 Å². The Hall–Kier alpha value is -3.33. The lowest BCUT2D eigenvalue weighted by molar-refractivity contribution is 0.353. The van der Waals surface area contributed by atoms with Gasteiger partial charge in [0.2, 0.25) is 0 Å². The number of benzene rings is 1. The number of fused-ring (bicyclic) bond motifs is 3. The van der Waals surface area contributed by atoms with Crippen LogP contribution in [0.15, 0.2) is 36.7 Å². The van der Waals surface area contributed by atoms with E-state index in [1.54, 1.807) is 11.0 Å². The average molecular weight is 430 g/mol. The maximum absolute atomic E-state index is 4.58. The summed E-state index contributed by atoms with van der Waals surface area (Å²) < 4.78 is 0. The molecule has 6 rings (SSSR count). The number of aryl methyl sites for hydroxylation is 1. The summed E-state index contributed by atoms with van der Waals surface area (Å²) in [6.45, 7) is 2.76. The minimum absolute atomic E-state index is 0.518. The Kier molecular flexibility index (Phi) is 4.64. The molecule has 2 N–H and O–H groups in total. The Balaban J connectivity index is 1.29. The Morgan fingerprint density at radius 3 is 2.53 bits per heavy atom. The lowest BCUT2D eigenvalue weighted by Crippen LogP contribution is -2.47. The van der Waals surface area contributed by atoms with Crippen molar-refractivity contribution in [2.75, 3.05) is 11.9 Å². The number of nitrogens with one attached hydrogen (secondary N) is 2. The van der Waals surface area contributed by atoms with E-state index in [2.05, 4.69) is 72.1 Å². The summed E-state index contributed by atoms with van der Waals surface area (Å²) in [7, 11) is 2.14. The van der Waals surface area contributed by atoms with Crippen molar-refractivity contribution in [3.8, 4) is 22.5 Å². The van der Waals surface area contributed by atoms with Crippen LogP contribution in [0.5, 0.6) is 0 Å². The van der Waals surface area contributed by atoms with Crippen LogP contribution in [0.1, 0.15) is 32.6 Å². The van der Waals surface area contributed by atoms with Gasteiger partial charge >= 0.3 is 0 Å². The van der Waals surface area contributed by atoms with Crippen LogP contribution < -0.4 is 10.2 Å². The topological polar surface area (TPSA) is 100 Å². The standard InChI is InChI=1S/C23H27N9/c1-3-32-25-13-21(30-32)17-6-7-18(23-19(17)12-24-29-23)20-8-9-22(28-27-20)31(2)16-10-14-4-5-15(11-16)26-14/h6-9,12-16,26H,3-5,10-11H2,1-2H3,(H,24,29)/t14-,15+,16?. The minimum atomic E-state index is 0.518. The van der Waals surface area contributed by atoms with Crippen molar-refractivity contribution in [3.63, 3.8) is 0 Å². The number of aromatic amines is 1. The zero-order chi connectivity index (χ0) is 21.7. The maximum Gasteiger partial charge on any atom is 0.151 e. The van der Waals surface area contributed by atoms with Gasteiger partial charge < -0.3 is 10.2 Å². The highest BCUT2D eigenvalue weighted by molar-refractivity contribution is 6.01. The second-order valence-electron chi connectivity index (χ2n) is 8.89. The second-order valence-corrected chi connectivity index (χ2v) is 8.89. The van der Waals surface area contributed by atoms with Crippen molar-refractivity contribution < 1.29 is 0 Å². The number of piperidine rings is 1. The van der Waals surface area contributed by atoms with Crippen LogP contribution >= 0.6 is 0 Å². The van der Waals surface area contributed by atoms with Crippen LogP contribution in [0.2, 0.25) is 0 Å². The molecule has 1 aromatic carbocycles. The first kappa shape index (κ1) is 19.4. The van der Waals surface area contributed by atoms with Crippen LogP contribution in [0.3, 0.4) is 0 Å². The molecule has 9 nitrogen and oxygen atoms in total. The Bertz CT molecular complexity index is 1230. The molecule has 2 fully saturated rings. The van der Waals surface area contributed by atoms with Gasteiger partial charge in [-0.1, -0.05) is 6.07 Å². The average Bonchev–Trinajstić information content (AvgIpc) is 3.58. The van der Waals surface area contributed by atoms with Crippen LogP contribution in [0.4, 0.5) is 5.82 Å². The molecule has 2 aliphatic rings. The van der Waals surface area contributed by atoms with Crippen molar-refractivity contribution in [2.45, 2.75) is 57.3 Å². The van der Waals surface area contributed by atoms with E-state index in [1.807, 2.05) is 13.1 Å². The number of hydrogen-bond acceptors (Lipinski definition) is 7. The van der Waals surface area contributed by atoms with Gasteiger partial charge in [0.25, 0.3) is 0 Å². The molecule has 3 atom stereocenters. The first-order chi connectivity index (χ1) is 15.7. The fourth-order valence-corrected chi connectivity index (χ4v) is 5.23. The van der Waals surface area contributed by atoms with Gasteiger partial charge in [0.15, 0.2) is 5.82 Å². The van der Waals surface area contributed by atoms with Crippen molar-refractivity contribution in [1.29, 1.82) is 0 Å². The summed E-state index contributed by atoms with van der Waals surface area (Å²) in [5.41, 5.74) is 4.57. The van der Waals surface area contributed by atoms with Gasteiger partial charge in [0, 0.05) is 41.7 Å². The van der Waals surface area contributed by atoms with E-state index in [1.165, 1.54) is 25.7 Å². The molecule has 0 radical (unpaired) electrons. The molecule has 9 heteroatoms. The molecular weight excluding hydrogens is 402 g/mol. The summed E-state index contributed by atoms with van der Waals surface area (Å²) in [6.07, 6.45) is 8.57. The molecule has 2 bridgehead atoms. The van der Waals surface area contributed by atoms with E-state index in [4.69, 9.17) is 0 Å². The molecule has 32 heavy (non-hydrogen) atoms. The molecule has 1 unspecified atom stereocenters. The van der Waals surface area contributed by atoms with Crippen molar-refractivity contribution >= 4 is 16.7 Å². The Morgan fingerprint density at radius 1 is 1.00 bits per heavy atom. The van der Waals surface area contributed by atoms with Crippen molar-refractivity contribution in [1.82, 2.24) is 40.7 Å². The number of anilines is 1. The fraction of sp³-hybridized carbons (Fsp3) is 0.435. The predicted octanol–water partition coefficient (Wildman–Crippen LogP) is 3.02. The van der Waals surface area contributed by atoms with Crippen LogP contribution in [-0.4, -0.2) is 60.6 Å². The molecule has 3 aromatic heterocycles. The van der Waals surface area contributed by atoms with E-state index in [0.29, 0.717) is 18.1 Å². The Morgan fingerprint density at radius 2 is 1.81 bits per heavy atom. The second kappa shape index (κ2) is 7.67. The van der Waals surface area contributed by atoms with E-state index in [-0.39, 0.29) is 0 Å². The highest BCUT2D eigenvalue weighted by Gasteiger charge is 2.35. The first-order valence-corrected chi connectivity index (χ1v) is 11.4. The predicted molar refractivity (Wildman–Crippen MR) is 123 cm³/mol. The summed E-state index contributed by atoms with van der Waals surface area (Å²) in [5, 5.41) is 30.1. The van der Waals surface area contributed by atoms with Gasteiger partial charge in [-0.05, 0) is 50.8 Å². The number of H-pyrrole nitrogens is 1. The molecule has 0 amide bonds. The molecule has 0 aliphatic carbocycles. The van der Waals surface area contributed by atoms with Gasteiger partial charge in [-0.25, -0.2) is 0 Å². The fourth-order valence-electron chi connectivity index (χ4n) is 5.23. The third kappa shape index (κ3) is 3.24. The molecule has 2 aliphatic heterocycles. The lowest BCUT2D eigenvalue weighted by atomic mass is 9.98. The highest BCUT2D eigenvalue weighted by Crippen LogP contribution is 2.34. The van der Waals surface area contributed by atoms with E-state index in [9.17, 15) is 0 Å². The zero-order valence-electron chi connectivity index (χ0n) is 18.4. The molecular formula is C23H27N9. The van der Waals surface area contributed by atoms with E-state index < -0.39 is 0 Å². The molecule has 0 saturated carbocycles. The normalized spacial score (nSPS) is 22.5. The number of hydrogen-bond donors (Lipinski definition) is 2. The third-order valence-electron chi connectivity index (χ3n) is 6.99. The summed E-state index contributed by atoms with van der Waals surface area (Å²) in [5.74, 6) is 0.925. The van der Waals surface area contributed by atoms with Gasteiger partial charge in [-0.15, -0.1) is 10.2 Å². The molecule has 4 aromatic rings. The molecule has 0 spiro atoms. The summed E-state index contributed by atoms with van der Waals surface area (Å²) >= 11 is 0. The first-order valence-electron chi connectivity index (χ1n) is 11.4.